The second-order valence-electron chi connectivity index (χ2n) is 5.11. The molecule has 0 atom stereocenters. The smallest absolute Gasteiger partial charge is 0.396 e. The molecular weight excluding hydrogens is 257 g/mol. The molecule has 1 saturated carbocycles. The van der Waals surface area contributed by atoms with Crippen LogP contribution >= 0.6 is 0 Å². The van der Waals surface area contributed by atoms with E-state index in [2.05, 4.69) is 10.3 Å². The number of aliphatic hydroxyl groups excluding tert-OH is 1. The number of rotatable bonds is 5. The van der Waals surface area contributed by atoms with Crippen molar-refractivity contribution in [2.75, 3.05) is 18.5 Å². The standard InChI is InChI=1S/C13H17F3N2O/c14-13(15,16)10-2-3-11(17-8-10)18-9-12(6-7-19)4-1-5-12/h2-3,8,19H,1,4-7,9H2,(H,17,18). The molecule has 0 saturated heterocycles. The molecule has 0 aromatic carbocycles. The lowest BCUT2D eigenvalue weighted by Crippen LogP contribution is -2.37. The fourth-order valence-corrected chi connectivity index (χ4v) is 2.37. The highest BCUT2D eigenvalue weighted by atomic mass is 19.4. The number of alkyl halides is 3. The number of halogens is 3. The van der Waals surface area contributed by atoms with Crippen LogP contribution in [-0.4, -0.2) is 23.2 Å². The Morgan fingerprint density at radius 2 is 2.05 bits per heavy atom. The number of aliphatic hydroxyl groups is 1. The van der Waals surface area contributed by atoms with Gasteiger partial charge in [-0.25, -0.2) is 4.98 Å². The lowest BCUT2D eigenvalue weighted by Gasteiger charge is -2.42. The van der Waals surface area contributed by atoms with E-state index in [1.807, 2.05) is 0 Å². The second-order valence-corrected chi connectivity index (χ2v) is 5.11. The summed E-state index contributed by atoms with van der Waals surface area (Å²) in [6.45, 7) is 0.786. The zero-order valence-corrected chi connectivity index (χ0v) is 10.5. The Morgan fingerprint density at radius 1 is 1.32 bits per heavy atom. The summed E-state index contributed by atoms with van der Waals surface area (Å²) in [5.74, 6) is 0.442. The number of hydrogen-bond donors (Lipinski definition) is 2. The van der Waals surface area contributed by atoms with Crippen molar-refractivity contribution >= 4 is 5.82 Å². The topological polar surface area (TPSA) is 45.1 Å². The van der Waals surface area contributed by atoms with E-state index in [0.717, 1.165) is 37.9 Å². The molecule has 1 aromatic heterocycles. The van der Waals surface area contributed by atoms with Gasteiger partial charge in [0.05, 0.1) is 5.56 Å². The number of pyridine rings is 1. The van der Waals surface area contributed by atoms with Gasteiger partial charge in [-0.1, -0.05) is 6.42 Å². The van der Waals surface area contributed by atoms with Crippen molar-refractivity contribution in [3.8, 4) is 0 Å². The van der Waals surface area contributed by atoms with Crippen molar-refractivity contribution in [3.63, 3.8) is 0 Å². The fourth-order valence-electron chi connectivity index (χ4n) is 2.37. The van der Waals surface area contributed by atoms with Crippen LogP contribution in [-0.2, 0) is 6.18 Å². The molecule has 0 amide bonds. The van der Waals surface area contributed by atoms with Gasteiger partial charge < -0.3 is 10.4 Å². The minimum atomic E-state index is -4.35. The number of nitrogens with one attached hydrogen (secondary N) is 1. The minimum Gasteiger partial charge on any atom is -0.396 e. The van der Waals surface area contributed by atoms with Crippen molar-refractivity contribution < 1.29 is 18.3 Å². The summed E-state index contributed by atoms with van der Waals surface area (Å²) in [4.78, 5) is 3.77. The summed E-state index contributed by atoms with van der Waals surface area (Å²) in [5.41, 5.74) is -0.661. The van der Waals surface area contributed by atoms with Crippen LogP contribution in [0.1, 0.15) is 31.2 Å². The van der Waals surface area contributed by atoms with Crippen molar-refractivity contribution in [2.24, 2.45) is 5.41 Å². The quantitative estimate of drug-likeness (QED) is 0.867. The molecule has 1 heterocycles. The molecule has 0 unspecified atom stereocenters. The molecule has 19 heavy (non-hydrogen) atoms. The molecule has 1 aliphatic carbocycles. The molecular formula is C13H17F3N2O. The summed E-state index contributed by atoms with van der Waals surface area (Å²) < 4.78 is 37.1. The van der Waals surface area contributed by atoms with E-state index in [1.54, 1.807) is 0 Å². The second kappa shape index (κ2) is 5.36. The third-order valence-electron chi connectivity index (χ3n) is 3.79. The van der Waals surface area contributed by atoms with Gasteiger partial charge in [0.25, 0.3) is 0 Å². The highest BCUT2D eigenvalue weighted by Gasteiger charge is 2.36. The zero-order chi connectivity index (χ0) is 13.9. The van der Waals surface area contributed by atoms with Gasteiger partial charge in [0.2, 0.25) is 0 Å². The summed E-state index contributed by atoms with van der Waals surface area (Å²) in [7, 11) is 0. The van der Waals surface area contributed by atoms with Crippen LogP contribution in [0.15, 0.2) is 18.3 Å². The van der Waals surface area contributed by atoms with Gasteiger partial charge >= 0.3 is 6.18 Å². The highest BCUT2D eigenvalue weighted by Crippen LogP contribution is 2.43. The number of nitrogens with zero attached hydrogens (tertiary/aromatic N) is 1. The van der Waals surface area contributed by atoms with Crippen molar-refractivity contribution in [1.82, 2.24) is 4.98 Å². The highest BCUT2D eigenvalue weighted by molar-refractivity contribution is 5.36. The van der Waals surface area contributed by atoms with E-state index in [9.17, 15) is 13.2 Å². The molecule has 6 heteroatoms. The molecule has 0 bridgehead atoms. The van der Waals surface area contributed by atoms with E-state index in [0.29, 0.717) is 12.4 Å². The van der Waals surface area contributed by atoms with Crippen LogP contribution < -0.4 is 5.32 Å². The Balaban J connectivity index is 1.93. The summed E-state index contributed by atoms with van der Waals surface area (Å²) in [6.07, 6.45) is 0.435. The number of aromatic nitrogens is 1. The molecule has 0 radical (unpaired) electrons. The molecule has 0 spiro atoms. The molecule has 1 aromatic rings. The maximum absolute atomic E-state index is 12.4. The minimum absolute atomic E-state index is 0.0825. The average Bonchev–Trinajstić information content (AvgIpc) is 2.32. The van der Waals surface area contributed by atoms with Gasteiger partial charge in [0.15, 0.2) is 0 Å². The molecule has 0 aliphatic heterocycles. The van der Waals surface area contributed by atoms with E-state index in [1.165, 1.54) is 6.07 Å². The van der Waals surface area contributed by atoms with Crippen LogP contribution in [0.3, 0.4) is 0 Å². The number of hydrogen-bond acceptors (Lipinski definition) is 3. The molecule has 1 fully saturated rings. The maximum Gasteiger partial charge on any atom is 0.417 e. The predicted octanol–water partition coefficient (Wildman–Crippen LogP) is 3.07. The van der Waals surface area contributed by atoms with Crippen molar-refractivity contribution in [2.45, 2.75) is 31.9 Å². The van der Waals surface area contributed by atoms with Gasteiger partial charge in [0, 0.05) is 19.3 Å². The van der Waals surface area contributed by atoms with Crippen molar-refractivity contribution in [3.05, 3.63) is 23.9 Å². The first-order valence-corrected chi connectivity index (χ1v) is 6.33. The Labute approximate surface area is 109 Å². The van der Waals surface area contributed by atoms with Crippen LogP contribution in [0.5, 0.6) is 0 Å². The first kappa shape index (κ1) is 14.1. The number of anilines is 1. The third kappa shape index (κ3) is 3.37. The monoisotopic (exact) mass is 274 g/mol. The first-order chi connectivity index (χ1) is 8.95. The molecule has 1 aliphatic rings. The average molecular weight is 274 g/mol. The lowest BCUT2D eigenvalue weighted by molar-refractivity contribution is -0.137. The molecule has 2 N–H and O–H groups in total. The predicted molar refractivity (Wildman–Crippen MR) is 65.7 cm³/mol. The summed E-state index contributed by atoms with van der Waals surface area (Å²) >= 11 is 0. The van der Waals surface area contributed by atoms with Crippen LogP contribution in [0.25, 0.3) is 0 Å². The maximum atomic E-state index is 12.4. The van der Waals surface area contributed by atoms with E-state index in [4.69, 9.17) is 5.11 Å². The Hall–Kier alpha value is -1.30. The third-order valence-corrected chi connectivity index (χ3v) is 3.79. The largest absolute Gasteiger partial charge is 0.417 e. The summed E-state index contributed by atoms with van der Waals surface area (Å²) in [6, 6.07) is 2.36. The zero-order valence-electron chi connectivity index (χ0n) is 10.5. The van der Waals surface area contributed by atoms with Crippen LogP contribution in [0.4, 0.5) is 19.0 Å². The SMILES string of the molecule is OCCC1(CNc2ccc(C(F)(F)F)cn2)CCC1. The normalized spacial score (nSPS) is 17.9. The van der Waals surface area contributed by atoms with Gasteiger partial charge in [0.1, 0.15) is 5.82 Å². The van der Waals surface area contributed by atoms with Gasteiger partial charge in [-0.2, -0.15) is 13.2 Å². The Kier molecular flexibility index (Phi) is 3.99. The fraction of sp³-hybridized carbons (Fsp3) is 0.615. The van der Waals surface area contributed by atoms with E-state index < -0.39 is 11.7 Å². The molecule has 3 nitrogen and oxygen atoms in total. The van der Waals surface area contributed by atoms with Gasteiger partial charge in [-0.3, -0.25) is 0 Å². The molecule has 2 rings (SSSR count). The Bertz CT molecular complexity index is 413. The lowest BCUT2D eigenvalue weighted by atomic mass is 9.67. The Morgan fingerprint density at radius 3 is 2.47 bits per heavy atom. The first-order valence-electron chi connectivity index (χ1n) is 6.33. The summed E-state index contributed by atoms with van der Waals surface area (Å²) in [5, 5.41) is 12.1. The van der Waals surface area contributed by atoms with Gasteiger partial charge in [-0.05, 0) is 36.8 Å². The van der Waals surface area contributed by atoms with Gasteiger partial charge in [-0.15, -0.1) is 0 Å². The van der Waals surface area contributed by atoms with Crippen LogP contribution in [0.2, 0.25) is 0 Å². The van der Waals surface area contributed by atoms with E-state index >= 15 is 0 Å². The van der Waals surface area contributed by atoms with Crippen LogP contribution in [0, 0.1) is 5.41 Å². The van der Waals surface area contributed by atoms with E-state index in [-0.39, 0.29) is 12.0 Å². The van der Waals surface area contributed by atoms with Crippen molar-refractivity contribution in [1.29, 1.82) is 0 Å². The molecule has 106 valence electrons.